The number of hydrogen-bond acceptors (Lipinski definition) is 5. The SMILES string of the molecule is O=[N+]([O-])c1cccc(Cc2ccccn2)c1[N+](=O)[O-]. The summed E-state index contributed by atoms with van der Waals surface area (Å²) >= 11 is 0. The second-order valence-electron chi connectivity index (χ2n) is 3.80. The Labute approximate surface area is 107 Å². The van der Waals surface area contributed by atoms with Crippen LogP contribution >= 0.6 is 0 Å². The molecule has 0 saturated heterocycles. The first-order valence-corrected chi connectivity index (χ1v) is 5.40. The Kier molecular flexibility index (Phi) is 3.46. The summed E-state index contributed by atoms with van der Waals surface area (Å²) in [5.41, 5.74) is -0.0828. The van der Waals surface area contributed by atoms with Crippen molar-refractivity contribution in [1.82, 2.24) is 4.98 Å². The predicted molar refractivity (Wildman–Crippen MR) is 66.8 cm³/mol. The topological polar surface area (TPSA) is 99.2 Å². The first-order valence-electron chi connectivity index (χ1n) is 5.40. The van der Waals surface area contributed by atoms with E-state index in [4.69, 9.17) is 0 Å². The highest BCUT2D eigenvalue weighted by Crippen LogP contribution is 2.31. The molecule has 96 valence electrons. The van der Waals surface area contributed by atoms with Crippen LogP contribution in [0.25, 0.3) is 0 Å². The Morgan fingerprint density at radius 3 is 2.37 bits per heavy atom. The molecular weight excluding hydrogens is 250 g/mol. The van der Waals surface area contributed by atoms with E-state index in [9.17, 15) is 20.2 Å². The molecule has 0 aliphatic rings. The minimum Gasteiger partial charge on any atom is -0.261 e. The fourth-order valence-corrected chi connectivity index (χ4v) is 1.78. The first-order chi connectivity index (χ1) is 9.09. The molecule has 2 aromatic rings. The van der Waals surface area contributed by atoms with E-state index < -0.39 is 21.2 Å². The number of rotatable bonds is 4. The van der Waals surface area contributed by atoms with E-state index in [1.165, 1.54) is 12.1 Å². The molecule has 1 aromatic carbocycles. The molecule has 7 heteroatoms. The normalized spacial score (nSPS) is 10.1. The van der Waals surface area contributed by atoms with Gasteiger partial charge in [-0.1, -0.05) is 18.2 Å². The zero-order valence-corrected chi connectivity index (χ0v) is 9.72. The van der Waals surface area contributed by atoms with Gasteiger partial charge in [-0.05, 0) is 12.1 Å². The zero-order valence-electron chi connectivity index (χ0n) is 9.72. The quantitative estimate of drug-likeness (QED) is 0.620. The zero-order chi connectivity index (χ0) is 13.8. The van der Waals surface area contributed by atoms with Gasteiger partial charge in [0.2, 0.25) is 0 Å². The van der Waals surface area contributed by atoms with Crippen molar-refractivity contribution in [3.8, 4) is 0 Å². The summed E-state index contributed by atoms with van der Waals surface area (Å²) in [5, 5.41) is 21.8. The molecule has 0 aliphatic heterocycles. The molecule has 19 heavy (non-hydrogen) atoms. The molecule has 7 nitrogen and oxygen atoms in total. The van der Waals surface area contributed by atoms with Crippen LogP contribution in [0.3, 0.4) is 0 Å². The molecule has 0 aliphatic carbocycles. The Morgan fingerprint density at radius 1 is 1.00 bits per heavy atom. The number of benzene rings is 1. The highest BCUT2D eigenvalue weighted by molar-refractivity contribution is 5.58. The van der Waals surface area contributed by atoms with Gasteiger partial charge >= 0.3 is 11.4 Å². The maximum Gasteiger partial charge on any atom is 0.349 e. The second kappa shape index (κ2) is 5.21. The van der Waals surface area contributed by atoms with Gasteiger partial charge < -0.3 is 0 Å². The molecular formula is C12H9N3O4. The van der Waals surface area contributed by atoms with Crippen molar-refractivity contribution in [3.63, 3.8) is 0 Å². The van der Waals surface area contributed by atoms with Crippen LogP contribution in [-0.4, -0.2) is 14.8 Å². The lowest BCUT2D eigenvalue weighted by atomic mass is 10.1. The van der Waals surface area contributed by atoms with Crippen LogP contribution in [-0.2, 0) is 6.42 Å². The Bertz CT molecular complexity index is 628. The lowest BCUT2D eigenvalue weighted by Gasteiger charge is -2.03. The third-order valence-corrected chi connectivity index (χ3v) is 2.58. The summed E-state index contributed by atoms with van der Waals surface area (Å²) in [6, 6.07) is 9.25. The number of aromatic nitrogens is 1. The molecule has 2 rings (SSSR count). The van der Waals surface area contributed by atoms with Crippen LogP contribution in [0.15, 0.2) is 42.6 Å². The highest BCUT2D eigenvalue weighted by Gasteiger charge is 2.27. The van der Waals surface area contributed by atoms with Crippen molar-refractivity contribution in [2.45, 2.75) is 6.42 Å². The van der Waals surface area contributed by atoms with E-state index in [0.29, 0.717) is 5.69 Å². The summed E-state index contributed by atoms with van der Waals surface area (Å²) < 4.78 is 0. The number of nitro benzene ring substituents is 2. The molecule has 1 heterocycles. The van der Waals surface area contributed by atoms with E-state index in [1.54, 1.807) is 24.4 Å². The summed E-state index contributed by atoms with van der Waals surface area (Å²) in [4.78, 5) is 24.4. The average Bonchev–Trinajstić information content (AvgIpc) is 2.39. The average molecular weight is 259 g/mol. The van der Waals surface area contributed by atoms with E-state index in [1.807, 2.05) is 0 Å². The number of pyridine rings is 1. The third-order valence-electron chi connectivity index (χ3n) is 2.58. The molecule has 0 fully saturated rings. The number of hydrogen-bond donors (Lipinski definition) is 0. The smallest absolute Gasteiger partial charge is 0.261 e. The Morgan fingerprint density at radius 2 is 1.79 bits per heavy atom. The number of nitro groups is 2. The van der Waals surface area contributed by atoms with Crippen LogP contribution in [0.1, 0.15) is 11.3 Å². The van der Waals surface area contributed by atoms with Gasteiger partial charge in [0.1, 0.15) is 0 Å². The first kappa shape index (κ1) is 12.6. The summed E-state index contributed by atoms with van der Waals surface area (Å²) in [7, 11) is 0. The van der Waals surface area contributed by atoms with Gasteiger partial charge in [-0.15, -0.1) is 0 Å². The standard InChI is InChI=1S/C12H9N3O4/c16-14(17)11-6-3-4-9(12(11)15(18)19)8-10-5-1-2-7-13-10/h1-7H,8H2. The Balaban J connectivity index is 2.48. The molecule has 0 radical (unpaired) electrons. The molecule has 1 aromatic heterocycles. The van der Waals surface area contributed by atoms with Crippen LogP contribution in [0, 0.1) is 20.2 Å². The minimum absolute atomic E-state index is 0.179. The van der Waals surface area contributed by atoms with E-state index in [0.717, 1.165) is 6.07 Å². The van der Waals surface area contributed by atoms with Crippen molar-refractivity contribution in [2.75, 3.05) is 0 Å². The van der Waals surface area contributed by atoms with Crippen molar-refractivity contribution >= 4 is 11.4 Å². The van der Waals surface area contributed by atoms with Crippen molar-refractivity contribution in [1.29, 1.82) is 0 Å². The minimum atomic E-state index is -0.750. The van der Waals surface area contributed by atoms with Gasteiger partial charge in [0, 0.05) is 29.9 Å². The molecule has 0 saturated carbocycles. The van der Waals surface area contributed by atoms with Gasteiger partial charge in [0.05, 0.1) is 9.85 Å². The summed E-state index contributed by atoms with van der Waals surface area (Å²) in [6.45, 7) is 0. The highest BCUT2D eigenvalue weighted by atomic mass is 16.6. The molecule has 0 bridgehead atoms. The van der Waals surface area contributed by atoms with Crippen molar-refractivity contribution < 1.29 is 9.85 Å². The molecule has 0 unspecified atom stereocenters. The lowest BCUT2D eigenvalue weighted by molar-refractivity contribution is -0.422. The number of para-hydroxylation sites is 1. The summed E-state index contributed by atoms with van der Waals surface area (Å²) in [5.74, 6) is 0. The Hall–Kier alpha value is -2.83. The molecule has 0 atom stereocenters. The van der Waals surface area contributed by atoms with Gasteiger partial charge in [-0.25, -0.2) is 0 Å². The third kappa shape index (κ3) is 2.71. The molecule has 0 spiro atoms. The maximum absolute atomic E-state index is 11.0. The fourth-order valence-electron chi connectivity index (χ4n) is 1.78. The van der Waals surface area contributed by atoms with E-state index >= 15 is 0 Å². The van der Waals surface area contributed by atoms with E-state index in [-0.39, 0.29) is 12.0 Å². The second-order valence-corrected chi connectivity index (χ2v) is 3.80. The monoisotopic (exact) mass is 259 g/mol. The van der Waals surface area contributed by atoms with Crippen LogP contribution in [0.2, 0.25) is 0 Å². The number of nitrogens with zero attached hydrogens (tertiary/aromatic N) is 3. The largest absolute Gasteiger partial charge is 0.349 e. The lowest BCUT2D eigenvalue weighted by Crippen LogP contribution is -2.02. The maximum atomic E-state index is 11.0. The van der Waals surface area contributed by atoms with Crippen molar-refractivity contribution in [3.05, 3.63) is 74.1 Å². The van der Waals surface area contributed by atoms with Crippen LogP contribution < -0.4 is 0 Å². The summed E-state index contributed by atoms with van der Waals surface area (Å²) in [6.07, 6.45) is 1.75. The van der Waals surface area contributed by atoms with Gasteiger partial charge in [0.25, 0.3) is 0 Å². The van der Waals surface area contributed by atoms with E-state index in [2.05, 4.69) is 4.98 Å². The predicted octanol–water partition coefficient (Wildman–Crippen LogP) is 2.49. The van der Waals surface area contributed by atoms with Gasteiger partial charge in [-0.2, -0.15) is 0 Å². The van der Waals surface area contributed by atoms with Crippen molar-refractivity contribution in [2.24, 2.45) is 0 Å². The van der Waals surface area contributed by atoms with Crippen LogP contribution in [0.5, 0.6) is 0 Å². The molecule has 0 N–H and O–H groups in total. The van der Waals surface area contributed by atoms with Crippen LogP contribution in [0.4, 0.5) is 11.4 Å². The van der Waals surface area contributed by atoms with Gasteiger partial charge in [-0.3, -0.25) is 25.2 Å². The van der Waals surface area contributed by atoms with Gasteiger partial charge in [0.15, 0.2) is 0 Å². The molecule has 0 amide bonds. The fraction of sp³-hybridized carbons (Fsp3) is 0.0833.